The highest BCUT2D eigenvalue weighted by molar-refractivity contribution is 9.10. The lowest BCUT2D eigenvalue weighted by Crippen LogP contribution is -2.29. The summed E-state index contributed by atoms with van der Waals surface area (Å²) in [7, 11) is 0. The average Bonchev–Trinajstić information content (AvgIpc) is 2.54. The van der Waals surface area contributed by atoms with Crippen molar-refractivity contribution in [1.29, 1.82) is 0 Å². The molecule has 86 valence electrons. The number of hydrogen-bond acceptors (Lipinski definition) is 4. The van der Waals surface area contributed by atoms with Crippen LogP contribution in [0.3, 0.4) is 0 Å². The molecule has 16 heavy (non-hydrogen) atoms. The van der Waals surface area contributed by atoms with E-state index in [0.717, 1.165) is 15.6 Å². The van der Waals surface area contributed by atoms with Gasteiger partial charge in [0.2, 0.25) is 0 Å². The van der Waals surface area contributed by atoms with Gasteiger partial charge in [-0.15, -0.1) is 0 Å². The Morgan fingerprint density at radius 2 is 2.25 bits per heavy atom. The maximum Gasteiger partial charge on any atom is 0.143 e. The van der Waals surface area contributed by atoms with Gasteiger partial charge in [-0.3, -0.25) is 0 Å². The van der Waals surface area contributed by atoms with Crippen LogP contribution in [0.4, 0.5) is 5.82 Å². The summed E-state index contributed by atoms with van der Waals surface area (Å²) in [4.78, 5) is 11.3. The SMILES string of the molecule is CC(C)(O)CNc1ncnc2[nH]c(Br)cc12. The molecule has 2 aromatic rings. The molecular formula is C10H13BrN4O. The van der Waals surface area contributed by atoms with Crippen LogP contribution in [0, 0.1) is 0 Å². The van der Waals surface area contributed by atoms with Crippen LogP contribution < -0.4 is 5.32 Å². The first-order chi connectivity index (χ1) is 7.46. The summed E-state index contributed by atoms with van der Waals surface area (Å²) in [6, 6.07) is 1.90. The van der Waals surface area contributed by atoms with Gasteiger partial charge in [0.05, 0.1) is 15.6 Å². The van der Waals surface area contributed by atoms with E-state index in [2.05, 4.69) is 36.2 Å². The minimum atomic E-state index is -0.773. The summed E-state index contributed by atoms with van der Waals surface area (Å²) in [6.07, 6.45) is 1.48. The predicted octanol–water partition coefficient (Wildman–Crippen LogP) is 1.90. The zero-order valence-corrected chi connectivity index (χ0v) is 10.7. The van der Waals surface area contributed by atoms with Gasteiger partial charge >= 0.3 is 0 Å². The van der Waals surface area contributed by atoms with E-state index in [0.29, 0.717) is 12.4 Å². The fraction of sp³-hybridized carbons (Fsp3) is 0.400. The molecule has 0 aliphatic heterocycles. The van der Waals surface area contributed by atoms with Crippen molar-refractivity contribution in [3.05, 3.63) is 17.0 Å². The molecule has 2 aromatic heterocycles. The second kappa shape index (κ2) is 4.03. The summed E-state index contributed by atoms with van der Waals surface area (Å²) < 4.78 is 0.856. The first kappa shape index (κ1) is 11.3. The predicted molar refractivity (Wildman–Crippen MR) is 66.4 cm³/mol. The Morgan fingerprint density at radius 1 is 1.50 bits per heavy atom. The van der Waals surface area contributed by atoms with Crippen molar-refractivity contribution in [2.75, 3.05) is 11.9 Å². The Bertz CT molecular complexity index is 503. The number of halogens is 1. The molecule has 0 radical (unpaired) electrons. The molecule has 0 bridgehead atoms. The highest BCUT2D eigenvalue weighted by atomic mass is 79.9. The first-order valence-corrected chi connectivity index (χ1v) is 5.70. The molecule has 0 unspecified atom stereocenters. The van der Waals surface area contributed by atoms with Gasteiger partial charge in [-0.05, 0) is 35.8 Å². The Kier molecular flexibility index (Phi) is 2.86. The maximum atomic E-state index is 9.63. The molecular weight excluding hydrogens is 272 g/mol. The number of nitrogens with one attached hydrogen (secondary N) is 2. The summed E-state index contributed by atoms with van der Waals surface area (Å²) >= 11 is 3.35. The van der Waals surface area contributed by atoms with E-state index in [4.69, 9.17) is 0 Å². The van der Waals surface area contributed by atoms with Gasteiger partial charge in [0.1, 0.15) is 17.8 Å². The minimum absolute atomic E-state index is 0.432. The number of rotatable bonds is 3. The molecule has 5 nitrogen and oxygen atoms in total. The van der Waals surface area contributed by atoms with Crippen LogP contribution in [-0.2, 0) is 0 Å². The topological polar surface area (TPSA) is 73.8 Å². The van der Waals surface area contributed by atoms with Crippen molar-refractivity contribution in [3.8, 4) is 0 Å². The van der Waals surface area contributed by atoms with Gasteiger partial charge in [0.15, 0.2) is 0 Å². The maximum absolute atomic E-state index is 9.63. The van der Waals surface area contributed by atoms with Crippen LogP contribution in [0.2, 0.25) is 0 Å². The quantitative estimate of drug-likeness (QED) is 0.805. The Hall–Kier alpha value is -1.14. The molecule has 0 saturated heterocycles. The van der Waals surface area contributed by atoms with Gasteiger partial charge in [0, 0.05) is 6.54 Å². The van der Waals surface area contributed by atoms with Gasteiger partial charge < -0.3 is 15.4 Å². The van der Waals surface area contributed by atoms with Gasteiger partial charge in [-0.25, -0.2) is 9.97 Å². The summed E-state index contributed by atoms with van der Waals surface area (Å²) in [5, 5.41) is 13.6. The van der Waals surface area contributed by atoms with Gasteiger partial charge in [-0.1, -0.05) is 0 Å². The fourth-order valence-corrected chi connectivity index (χ4v) is 1.77. The van der Waals surface area contributed by atoms with E-state index >= 15 is 0 Å². The minimum Gasteiger partial charge on any atom is -0.389 e. The molecule has 0 aliphatic carbocycles. The number of aliphatic hydroxyl groups is 1. The van der Waals surface area contributed by atoms with Crippen molar-refractivity contribution in [2.45, 2.75) is 19.4 Å². The number of anilines is 1. The standard InChI is InChI=1S/C10H13BrN4O/c1-10(2,16)4-12-8-6-3-7(11)15-9(6)14-5-13-8/h3,5,16H,4H2,1-2H3,(H2,12,13,14,15). The zero-order chi connectivity index (χ0) is 11.8. The Balaban J connectivity index is 2.30. The third kappa shape index (κ3) is 2.51. The van der Waals surface area contributed by atoms with Crippen LogP contribution in [0.25, 0.3) is 11.0 Å². The highest BCUT2D eigenvalue weighted by Gasteiger charge is 2.13. The van der Waals surface area contributed by atoms with Crippen LogP contribution >= 0.6 is 15.9 Å². The summed E-state index contributed by atoms with van der Waals surface area (Å²) in [5.41, 5.74) is -0.00900. The van der Waals surface area contributed by atoms with Crippen LogP contribution in [0.15, 0.2) is 17.0 Å². The van der Waals surface area contributed by atoms with Crippen molar-refractivity contribution in [2.24, 2.45) is 0 Å². The Morgan fingerprint density at radius 3 is 2.94 bits per heavy atom. The van der Waals surface area contributed by atoms with E-state index in [1.54, 1.807) is 13.8 Å². The van der Waals surface area contributed by atoms with Crippen LogP contribution in [-0.4, -0.2) is 32.2 Å². The number of fused-ring (bicyclic) bond motifs is 1. The third-order valence-electron chi connectivity index (χ3n) is 2.08. The van der Waals surface area contributed by atoms with E-state index in [1.807, 2.05) is 6.07 Å². The molecule has 0 aliphatic rings. The van der Waals surface area contributed by atoms with Crippen molar-refractivity contribution in [3.63, 3.8) is 0 Å². The molecule has 0 spiro atoms. The van der Waals surface area contributed by atoms with Gasteiger partial charge in [-0.2, -0.15) is 0 Å². The van der Waals surface area contributed by atoms with Crippen molar-refractivity contribution >= 4 is 32.8 Å². The van der Waals surface area contributed by atoms with E-state index in [1.165, 1.54) is 6.33 Å². The molecule has 2 rings (SSSR count). The second-order valence-corrected chi connectivity index (χ2v) is 5.12. The molecule has 0 saturated carbocycles. The van der Waals surface area contributed by atoms with Crippen LogP contribution in [0.1, 0.15) is 13.8 Å². The summed E-state index contributed by atoms with van der Waals surface area (Å²) in [6.45, 7) is 3.92. The monoisotopic (exact) mass is 284 g/mol. The van der Waals surface area contributed by atoms with Crippen molar-refractivity contribution in [1.82, 2.24) is 15.0 Å². The molecule has 0 fully saturated rings. The van der Waals surface area contributed by atoms with Gasteiger partial charge in [0.25, 0.3) is 0 Å². The van der Waals surface area contributed by atoms with E-state index < -0.39 is 5.60 Å². The number of hydrogen-bond donors (Lipinski definition) is 3. The van der Waals surface area contributed by atoms with Crippen molar-refractivity contribution < 1.29 is 5.11 Å². The summed E-state index contributed by atoms with van der Waals surface area (Å²) in [5.74, 6) is 0.717. The number of aromatic nitrogens is 3. The largest absolute Gasteiger partial charge is 0.389 e. The normalized spacial score (nSPS) is 12.0. The second-order valence-electron chi connectivity index (χ2n) is 4.27. The highest BCUT2D eigenvalue weighted by Crippen LogP contribution is 2.23. The average molecular weight is 285 g/mol. The zero-order valence-electron chi connectivity index (χ0n) is 9.08. The third-order valence-corrected chi connectivity index (χ3v) is 2.51. The fourth-order valence-electron chi connectivity index (χ4n) is 1.35. The lowest BCUT2D eigenvalue weighted by molar-refractivity contribution is 0.0944. The molecule has 0 atom stereocenters. The molecule has 6 heteroatoms. The molecule has 0 aromatic carbocycles. The van der Waals surface area contributed by atoms with E-state index in [-0.39, 0.29) is 0 Å². The number of aromatic amines is 1. The lowest BCUT2D eigenvalue weighted by atomic mass is 10.1. The smallest absolute Gasteiger partial charge is 0.143 e. The molecule has 2 heterocycles. The number of nitrogens with zero attached hydrogens (tertiary/aromatic N) is 2. The lowest BCUT2D eigenvalue weighted by Gasteiger charge is -2.18. The van der Waals surface area contributed by atoms with E-state index in [9.17, 15) is 5.11 Å². The van der Waals surface area contributed by atoms with Crippen LogP contribution in [0.5, 0.6) is 0 Å². The molecule has 3 N–H and O–H groups in total. The molecule has 0 amide bonds. The first-order valence-electron chi connectivity index (χ1n) is 4.91. The Labute approximate surface area is 101 Å². The number of H-pyrrole nitrogens is 1.